The molecule has 0 aromatic heterocycles. The Morgan fingerprint density at radius 2 is 1.45 bits per heavy atom. The van der Waals surface area contributed by atoms with E-state index in [1.54, 1.807) is 42.5 Å². The molecule has 2 saturated heterocycles. The van der Waals surface area contributed by atoms with E-state index in [0.29, 0.717) is 53.2 Å². The van der Waals surface area contributed by atoms with Crippen molar-refractivity contribution in [2.24, 2.45) is 5.92 Å². The molecule has 3 fully saturated rings. The number of carboxylic acids is 2. The number of carbonyl (C=O) groups is 4. The number of nitrogens with zero attached hydrogens (tertiary/aromatic N) is 2. The number of anilines is 3. The van der Waals surface area contributed by atoms with Crippen molar-refractivity contribution in [3.05, 3.63) is 119 Å². The van der Waals surface area contributed by atoms with Crippen molar-refractivity contribution in [1.82, 2.24) is 4.31 Å². The Balaban J connectivity index is 1.08. The van der Waals surface area contributed by atoms with Crippen LogP contribution in [0, 0.1) is 5.92 Å². The molecule has 0 radical (unpaired) electrons. The van der Waals surface area contributed by atoms with Gasteiger partial charge in [0, 0.05) is 52.8 Å². The Labute approximate surface area is 322 Å². The molecular weight excluding hydrogens is 717 g/mol. The minimum Gasteiger partial charge on any atom is -0.481 e. The summed E-state index contributed by atoms with van der Waals surface area (Å²) in [6.07, 6.45) is 6.39. The first-order valence-corrected chi connectivity index (χ1v) is 20.9. The third-order valence-electron chi connectivity index (χ3n) is 11.5. The lowest BCUT2D eigenvalue weighted by molar-refractivity contribution is -0.143. The molecule has 7 rings (SSSR count). The molecule has 3 aliphatic rings. The number of piperidine rings is 1. The fourth-order valence-electron chi connectivity index (χ4n) is 8.48. The number of aryl methyl sites for hydroxylation is 2. The highest BCUT2D eigenvalue weighted by Gasteiger charge is 2.56. The molecule has 12 heteroatoms. The molecule has 55 heavy (non-hydrogen) atoms. The van der Waals surface area contributed by atoms with E-state index in [4.69, 9.17) is 5.11 Å². The number of carbonyl (C=O) groups excluding carboxylic acids is 2. The number of nitrogens with one attached hydrogen (secondary N) is 2. The molecule has 0 spiro atoms. The topological polar surface area (TPSA) is 156 Å². The maximum absolute atomic E-state index is 14.7. The summed E-state index contributed by atoms with van der Waals surface area (Å²) in [5, 5.41) is 24.6. The van der Waals surface area contributed by atoms with Crippen LogP contribution in [0.2, 0.25) is 0 Å². The first-order chi connectivity index (χ1) is 26.5. The molecule has 3 atom stereocenters. The van der Waals surface area contributed by atoms with Gasteiger partial charge in [0.1, 0.15) is 0 Å². The maximum atomic E-state index is 14.7. The Morgan fingerprint density at radius 1 is 0.764 bits per heavy atom. The van der Waals surface area contributed by atoms with Crippen LogP contribution in [0.25, 0.3) is 0 Å². The van der Waals surface area contributed by atoms with Crippen LogP contribution >= 0.6 is 0 Å². The molecule has 1 saturated carbocycles. The summed E-state index contributed by atoms with van der Waals surface area (Å²) in [5.41, 5.74) is 4.82. The molecule has 2 aliphatic heterocycles. The van der Waals surface area contributed by atoms with E-state index in [1.165, 1.54) is 0 Å². The fraction of sp³-hybridized carbons (Fsp3) is 0.349. The molecule has 11 nitrogen and oxygen atoms in total. The molecule has 2 heterocycles. The molecule has 4 N–H and O–H groups in total. The summed E-state index contributed by atoms with van der Waals surface area (Å²) in [6, 6.07) is 26.8. The fourth-order valence-corrected chi connectivity index (χ4v) is 12.4. The Morgan fingerprint density at radius 3 is 2.11 bits per heavy atom. The second-order valence-corrected chi connectivity index (χ2v) is 17.7. The van der Waals surface area contributed by atoms with Crippen LogP contribution in [0.1, 0.15) is 87.6 Å². The first kappa shape index (κ1) is 38.0. The molecule has 2 amide bonds. The van der Waals surface area contributed by atoms with E-state index in [0.717, 1.165) is 62.0 Å². The average Bonchev–Trinajstić information content (AvgIpc) is 3.21. The minimum absolute atomic E-state index is 0.0737. The maximum Gasteiger partial charge on any atom is 0.335 e. The predicted molar refractivity (Wildman–Crippen MR) is 215 cm³/mol. The average molecular weight is 765 g/mol. The predicted octanol–water partition coefficient (Wildman–Crippen LogP) is 6.91. The van der Waals surface area contributed by atoms with Crippen molar-refractivity contribution in [2.75, 3.05) is 35.2 Å². The lowest BCUT2D eigenvalue weighted by Crippen LogP contribution is -2.69. The number of benzene rings is 4. The highest BCUT2D eigenvalue weighted by molar-refractivity contribution is 8.02. The summed E-state index contributed by atoms with van der Waals surface area (Å²) in [4.78, 5) is 53.6. The highest BCUT2D eigenvalue weighted by atomic mass is 32.3. The van der Waals surface area contributed by atoms with Gasteiger partial charge in [-0.2, -0.15) is 0 Å². The van der Waals surface area contributed by atoms with Crippen molar-refractivity contribution < 1.29 is 33.6 Å². The minimum atomic E-state index is -3.13. The van der Waals surface area contributed by atoms with Gasteiger partial charge in [-0.25, -0.2) is 9.10 Å². The number of rotatable bonds is 12. The zero-order chi connectivity index (χ0) is 38.7. The largest absolute Gasteiger partial charge is 0.481 e. The van der Waals surface area contributed by atoms with Crippen LogP contribution in [0.15, 0.2) is 95.9 Å². The normalized spacial score (nSPS) is 21.0. The number of aliphatic carboxylic acids is 1. The summed E-state index contributed by atoms with van der Waals surface area (Å²) in [5.74, 6) is -3.14. The van der Waals surface area contributed by atoms with Gasteiger partial charge >= 0.3 is 11.9 Å². The number of hydrogen-bond acceptors (Lipinski definition) is 6. The van der Waals surface area contributed by atoms with Gasteiger partial charge in [0.05, 0.1) is 22.7 Å². The number of hydrogen-bond donors (Lipinski definition) is 5. The first-order valence-electron chi connectivity index (χ1n) is 19.2. The van der Waals surface area contributed by atoms with Crippen LogP contribution < -0.4 is 15.5 Å². The second kappa shape index (κ2) is 16.2. The second-order valence-electron chi connectivity index (χ2n) is 14.8. The lowest BCUT2D eigenvalue weighted by atomic mass is 9.85. The van der Waals surface area contributed by atoms with Gasteiger partial charge in [-0.15, -0.1) is 0 Å². The van der Waals surface area contributed by atoms with E-state index in [-0.39, 0.29) is 22.8 Å². The van der Waals surface area contributed by atoms with Gasteiger partial charge in [-0.05, 0) is 133 Å². The van der Waals surface area contributed by atoms with E-state index >= 15 is 0 Å². The standard InChI is InChI=1S/C43H48N4O7S/c1-2-47-38-22-17-32(43(52)53)26-39(38)55(47,54)35-8-6-7-31(25-35)40(48)45-37-21-20-34(46-23-4-3-5-24-46)27-36(37)41(49)44-33-18-13-29(14-19-33)10-9-28-11-15-30(16-12-28)42(50)51/h6-8,11-16,18-21,25,27,32,38-39,55H,2-5,9-10,17,22-24,26H2,1H3,(H,44,49)(H,45,48)(H,50,51)(H,52,53)/t32-,38?,39?/m0/s1. The lowest BCUT2D eigenvalue weighted by Gasteiger charge is -2.61. The summed E-state index contributed by atoms with van der Waals surface area (Å²) < 4.78 is 16.7. The molecule has 2 unspecified atom stereocenters. The Hall–Kier alpha value is -5.33. The third-order valence-corrected chi connectivity index (χ3v) is 15.3. The van der Waals surface area contributed by atoms with Gasteiger partial charge in [0.25, 0.3) is 11.8 Å². The van der Waals surface area contributed by atoms with Crippen LogP contribution in [-0.2, 0) is 27.8 Å². The molecule has 4 aromatic rings. The van der Waals surface area contributed by atoms with Crippen molar-refractivity contribution in [3.63, 3.8) is 0 Å². The molecule has 0 bridgehead atoms. The number of aromatic carboxylic acids is 1. The zero-order valence-electron chi connectivity index (χ0n) is 30.9. The monoisotopic (exact) mass is 764 g/mol. The van der Waals surface area contributed by atoms with Crippen LogP contribution in [0.5, 0.6) is 0 Å². The number of fused-ring (bicyclic) bond motifs is 1. The SMILES string of the molecule is CCN1C2CC[C@H](C(=O)O)CC2[SH]1(=O)c1cccc(C(=O)Nc2ccc(N3CCCCC3)cc2C(=O)Nc2ccc(CCc3ccc(C(=O)O)cc3)cc2)c1. The third kappa shape index (κ3) is 7.92. The summed E-state index contributed by atoms with van der Waals surface area (Å²) in [7, 11) is -3.13. The van der Waals surface area contributed by atoms with Crippen molar-refractivity contribution >= 4 is 50.9 Å². The van der Waals surface area contributed by atoms with Gasteiger partial charge < -0.3 is 25.7 Å². The van der Waals surface area contributed by atoms with E-state index < -0.39 is 33.9 Å². The molecule has 1 aliphatic carbocycles. The van der Waals surface area contributed by atoms with Gasteiger partial charge in [0.15, 0.2) is 0 Å². The van der Waals surface area contributed by atoms with Gasteiger partial charge in [0.2, 0.25) is 0 Å². The van der Waals surface area contributed by atoms with Gasteiger partial charge in [-0.1, -0.05) is 37.3 Å². The quantitative estimate of drug-likeness (QED) is 0.0975. The Kier molecular flexibility index (Phi) is 11.2. The summed E-state index contributed by atoms with van der Waals surface area (Å²) in [6.45, 7) is 4.30. The van der Waals surface area contributed by atoms with E-state index in [9.17, 15) is 28.5 Å². The molecule has 288 valence electrons. The molecule has 4 aromatic carbocycles. The highest BCUT2D eigenvalue weighted by Crippen LogP contribution is 2.50. The van der Waals surface area contributed by atoms with E-state index in [2.05, 4.69) is 15.5 Å². The van der Waals surface area contributed by atoms with Crippen LogP contribution in [0.4, 0.5) is 17.1 Å². The van der Waals surface area contributed by atoms with Crippen molar-refractivity contribution in [2.45, 2.75) is 74.5 Å². The van der Waals surface area contributed by atoms with Crippen molar-refractivity contribution in [1.29, 1.82) is 0 Å². The zero-order valence-corrected chi connectivity index (χ0v) is 31.8. The molecular formula is C43H48N4O7S. The van der Waals surface area contributed by atoms with Crippen LogP contribution in [0.3, 0.4) is 0 Å². The van der Waals surface area contributed by atoms with Crippen LogP contribution in [-0.4, -0.2) is 73.4 Å². The van der Waals surface area contributed by atoms with E-state index in [1.807, 2.05) is 59.8 Å². The number of thiol groups is 1. The number of carboxylic acid groups (broad SMARTS) is 2. The Bertz CT molecular complexity index is 2130. The summed E-state index contributed by atoms with van der Waals surface area (Å²) >= 11 is 0. The number of amides is 2. The van der Waals surface area contributed by atoms with Gasteiger partial charge in [-0.3, -0.25) is 18.6 Å². The smallest absolute Gasteiger partial charge is 0.335 e. The van der Waals surface area contributed by atoms with Crippen molar-refractivity contribution in [3.8, 4) is 0 Å².